The molecule has 6 nitrogen and oxygen atoms in total. The predicted molar refractivity (Wildman–Crippen MR) is 108 cm³/mol. The molecule has 1 aliphatic heterocycles. The molecule has 1 amide bonds. The third-order valence-electron chi connectivity index (χ3n) is 6.36. The van der Waals surface area contributed by atoms with Crippen molar-refractivity contribution in [3.05, 3.63) is 60.3 Å². The van der Waals surface area contributed by atoms with E-state index in [4.69, 9.17) is 0 Å². The molecule has 144 valence electrons. The maximum Gasteiger partial charge on any atom is 0.251 e. The molecule has 1 saturated heterocycles. The van der Waals surface area contributed by atoms with Crippen LogP contribution in [0.25, 0.3) is 10.9 Å². The standard InChI is InChI=1S/C22H25N5O/c1-26-10-9-24-20(26)14-27-12-17-4-5-18(13-27)21(17)25-22(28)16-6-7-19-15(11-16)3-2-8-23-19/h2-3,6-11,17-18,21H,4-5,12-14H2,1H3,(H,25,28)/t17-,18+,21?. The number of carbonyl (C=O) groups is 1. The van der Waals surface area contributed by atoms with E-state index in [0.717, 1.165) is 41.9 Å². The Hall–Kier alpha value is -2.73. The molecule has 3 aromatic rings. The lowest BCUT2D eigenvalue weighted by Gasteiger charge is -2.38. The second-order valence-electron chi connectivity index (χ2n) is 8.16. The fourth-order valence-electron chi connectivity index (χ4n) is 4.88. The van der Waals surface area contributed by atoms with Crippen LogP contribution < -0.4 is 5.32 Å². The first kappa shape index (κ1) is 17.4. The molecule has 2 fully saturated rings. The molecule has 2 aliphatic rings. The Morgan fingerprint density at radius 3 is 2.71 bits per heavy atom. The van der Waals surface area contributed by atoms with Gasteiger partial charge in [-0.2, -0.15) is 0 Å². The van der Waals surface area contributed by atoms with Gasteiger partial charge in [0.1, 0.15) is 5.82 Å². The van der Waals surface area contributed by atoms with Crippen molar-refractivity contribution in [1.82, 2.24) is 24.8 Å². The van der Waals surface area contributed by atoms with Gasteiger partial charge in [0.25, 0.3) is 5.91 Å². The summed E-state index contributed by atoms with van der Waals surface area (Å²) in [5, 5.41) is 4.35. The zero-order chi connectivity index (χ0) is 19.1. The summed E-state index contributed by atoms with van der Waals surface area (Å²) in [6.07, 6.45) is 8.01. The Bertz CT molecular complexity index is 999. The van der Waals surface area contributed by atoms with Gasteiger partial charge in [0, 0.05) is 55.7 Å². The van der Waals surface area contributed by atoms with Crippen LogP contribution in [0.2, 0.25) is 0 Å². The lowest BCUT2D eigenvalue weighted by Crippen LogP contribution is -2.52. The number of rotatable bonds is 4. The average Bonchev–Trinajstić information content (AvgIpc) is 3.20. The van der Waals surface area contributed by atoms with Crippen LogP contribution in [0.3, 0.4) is 0 Å². The molecule has 2 bridgehead atoms. The quantitative estimate of drug-likeness (QED) is 0.761. The van der Waals surface area contributed by atoms with E-state index >= 15 is 0 Å². The lowest BCUT2D eigenvalue weighted by molar-refractivity contribution is 0.0819. The highest BCUT2D eigenvalue weighted by atomic mass is 16.1. The first-order valence-electron chi connectivity index (χ1n) is 10.0. The zero-order valence-corrected chi connectivity index (χ0v) is 16.1. The predicted octanol–water partition coefficient (Wildman–Crippen LogP) is 2.61. The smallest absolute Gasteiger partial charge is 0.251 e. The van der Waals surface area contributed by atoms with Gasteiger partial charge < -0.3 is 9.88 Å². The Morgan fingerprint density at radius 1 is 1.14 bits per heavy atom. The first-order valence-corrected chi connectivity index (χ1v) is 10.0. The minimum absolute atomic E-state index is 0.0326. The molecule has 28 heavy (non-hydrogen) atoms. The molecule has 0 spiro atoms. The number of likely N-dealkylation sites (tertiary alicyclic amines) is 1. The van der Waals surface area contributed by atoms with Crippen LogP contribution in [0.4, 0.5) is 0 Å². The van der Waals surface area contributed by atoms with E-state index in [1.54, 1.807) is 6.20 Å². The first-order chi connectivity index (χ1) is 13.7. The van der Waals surface area contributed by atoms with Gasteiger partial charge in [-0.15, -0.1) is 0 Å². The van der Waals surface area contributed by atoms with E-state index in [2.05, 4.69) is 24.8 Å². The Morgan fingerprint density at radius 2 is 1.96 bits per heavy atom. The number of aromatic nitrogens is 3. The van der Waals surface area contributed by atoms with Crippen molar-refractivity contribution in [2.45, 2.75) is 25.4 Å². The Labute approximate surface area is 164 Å². The van der Waals surface area contributed by atoms with Gasteiger partial charge in [0.2, 0.25) is 0 Å². The number of amides is 1. The van der Waals surface area contributed by atoms with Gasteiger partial charge in [-0.25, -0.2) is 4.98 Å². The minimum Gasteiger partial charge on any atom is -0.349 e. The number of hydrogen-bond donors (Lipinski definition) is 1. The van der Waals surface area contributed by atoms with Gasteiger partial charge in [0.05, 0.1) is 12.1 Å². The third kappa shape index (κ3) is 3.18. The maximum absolute atomic E-state index is 12.9. The number of fused-ring (bicyclic) bond motifs is 3. The highest BCUT2D eigenvalue weighted by molar-refractivity contribution is 5.98. The van der Waals surface area contributed by atoms with Crippen molar-refractivity contribution < 1.29 is 4.79 Å². The summed E-state index contributed by atoms with van der Waals surface area (Å²) >= 11 is 0. The fraction of sp³-hybridized carbons (Fsp3) is 0.409. The number of nitrogens with one attached hydrogen (secondary N) is 1. The molecule has 3 atom stereocenters. The molecule has 2 aromatic heterocycles. The average molecular weight is 375 g/mol. The molecule has 5 rings (SSSR count). The highest BCUT2D eigenvalue weighted by Gasteiger charge is 2.42. The Balaban J connectivity index is 1.27. The van der Waals surface area contributed by atoms with Crippen molar-refractivity contribution in [3.8, 4) is 0 Å². The van der Waals surface area contributed by atoms with E-state index in [1.165, 1.54) is 12.8 Å². The third-order valence-corrected chi connectivity index (χ3v) is 6.36. The van der Waals surface area contributed by atoms with E-state index in [1.807, 2.05) is 49.8 Å². The summed E-state index contributed by atoms with van der Waals surface area (Å²) in [5.74, 6) is 2.17. The Kier molecular flexibility index (Phi) is 4.36. The largest absolute Gasteiger partial charge is 0.349 e. The second-order valence-corrected chi connectivity index (χ2v) is 8.16. The summed E-state index contributed by atoms with van der Waals surface area (Å²) in [5.41, 5.74) is 1.64. The van der Waals surface area contributed by atoms with E-state index < -0.39 is 0 Å². The number of nitrogens with zero attached hydrogens (tertiary/aromatic N) is 4. The van der Waals surface area contributed by atoms with Crippen molar-refractivity contribution in [2.75, 3.05) is 13.1 Å². The number of hydrogen-bond acceptors (Lipinski definition) is 4. The van der Waals surface area contributed by atoms with Crippen LogP contribution in [0.5, 0.6) is 0 Å². The van der Waals surface area contributed by atoms with Crippen molar-refractivity contribution >= 4 is 16.8 Å². The monoisotopic (exact) mass is 375 g/mol. The summed E-state index contributed by atoms with van der Waals surface area (Å²) < 4.78 is 2.09. The summed E-state index contributed by atoms with van der Waals surface area (Å²) in [6, 6.07) is 9.92. The number of piperidine rings is 1. The van der Waals surface area contributed by atoms with Gasteiger partial charge in [-0.05, 0) is 48.9 Å². The molecule has 0 radical (unpaired) electrons. The number of pyridine rings is 1. The van der Waals surface area contributed by atoms with Crippen LogP contribution in [0.1, 0.15) is 29.0 Å². The van der Waals surface area contributed by atoms with E-state index in [0.29, 0.717) is 11.8 Å². The molecule has 1 saturated carbocycles. The van der Waals surface area contributed by atoms with Gasteiger partial charge in [-0.3, -0.25) is 14.7 Å². The normalized spacial score (nSPS) is 24.5. The number of imidazole rings is 1. The van der Waals surface area contributed by atoms with Crippen LogP contribution in [-0.2, 0) is 13.6 Å². The molecular formula is C22H25N5O. The van der Waals surface area contributed by atoms with Gasteiger partial charge >= 0.3 is 0 Å². The van der Waals surface area contributed by atoms with Crippen molar-refractivity contribution in [2.24, 2.45) is 18.9 Å². The van der Waals surface area contributed by atoms with Gasteiger partial charge in [-0.1, -0.05) is 6.07 Å². The fourth-order valence-corrected chi connectivity index (χ4v) is 4.88. The number of benzene rings is 1. The van der Waals surface area contributed by atoms with Crippen LogP contribution >= 0.6 is 0 Å². The highest BCUT2D eigenvalue weighted by Crippen LogP contribution is 2.37. The topological polar surface area (TPSA) is 63.1 Å². The summed E-state index contributed by atoms with van der Waals surface area (Å²) in [7, 11) is 2.04. The van der Waals surface area contributed by atoms with Crippen molar-refractivity contribution in [1.29, 1.82) is 0 Å². The molecule has 1 aromatic carbocycles. The molecule has 3 heterocycles. The van der Waals surface area contributed by atoms with Crippen LogP contribution in [0.15, 0.2) is 48.9 Å². The van der Waals surface area contributed by atoms with Crippen LogP contribution in [-0.4, -0.2) is 44.5 Å². The zero-order valence-electron chi connectivity index (χ0n) is 16.1. The molecule has 6 heteroatoms. The van der Waals surface area contributed by atoms with E-state index in [9.17, 15) is 4.79 Å². The van der Waals surface area contributed by atoms with E-state index in [-0.39, 0.29) is 11.9 Å². The molecule has 1 N–H and O–H groups in total. The second kappa shape index (κ2) is 7.02. The number of carbonyl (C=O) groups excluding carboxylic acids is 1. The molecule has 1 aliphatic carbocycles. The lowest BCUT2D eigenvalue weighted by atomic mass is 9.91. The minimum atomic E-state index is 0.0326. The number of aryl methyl sites for hydroxylation is 1. The van der Waals surface area contributed by atoms with Crippen LogP contribution in [0, 0.1) is 11.8 Å². The SMILES string of the molecule is Cn1ccnc1CN1C[C@H]2CC[C@@H](C1)C2NC(=O)c1ccc2ncccc2c1. The van der Waals surface area contributed by atoms with Crippen molar-refractivity contribution in [3.63, 3.8) is 0 Å². The molecule has 1 unspecified atom stereocenters. The summed E-state index contributed by atoms with van der Waals surface area (Å²) in [6.45, 7) is 2.93. The summed E-state index contributed by atoms with van der Waals surface area (Å²) in [4.78, 5) is 24.2. The molecular weight excluding hydrogens is 350 g/mol. The van der Waals surface area contributed by atoms with Gasteiger partial charge in [0.15, 0.2) is 0 Å². The maximum atomic E-state index is 12.9.